The number of aromatic nitrogens is 1. The van der Waals surface area contributed by atoms with Crippen LogP contribution in [0.5, 0.6) is 5.75 Å². The average molecular weight is 228 g/mol. The first kappa shape index (κ1) is 10.5. The standard InChI is InChI=1S/C14H16N2O/c1-10-5-6-11-3-2-4-12(13(11)16-10)17-14(9-15)7-8-14/h2-6H,7-9,15H2,1H3. The quantitative estimate of drug-likeness (QED) is 0.877. The second-order valence-electron chi connectivity index (χ2n) is 4.77. The first-order valence-electron chi connectivity index (χ1n) is 5.98. The Morgan fingerprint density at radius 1 is 1.29 bits per heavy atom. The lowest BCUT2D eigenvalue weighted by molar-refractivity contribution is 0.190. The molecule has 0 radical (unpaired) electrons. The molecule has 1 fully saturated rings. The summed E-state index contributed by atoms with van der Waals surface area (Å²) in [6.45, 7) is 2.57. The number of rotatable bonds is 3. The van der Waals surface area contributed by atoms with Crippen LogP contribution in [0.3, 0.4) is 0 Å². The third-order valence-corrected chi connectivity index (χ3v) is 3.33. The van der Waals surface area contributed by atoms with E-state index in [0.29, 0.717) is 6.54 Å². The van der Waals surface area contributed by atoms with Gasteiger partial charge in [-0.2, -0.15) is 0 Å². The molecule has 0 saturated heterocycles. The highest BCUT2D eigenvalue weighted by atomic mass is 16.5. The molecule has 0 bridgehead atoms. The Balaban J connectivity index is 2.06. The number of hydrogen-bond acceptors (Lipinski definition) is 3. The summed E-state index contributed by atoms with van der Waals surface area (Å²) in [4.78, 5) is 4.56. The Kier molecular flexibility index (Phi) is 2.30. The topological polar surface area (TPSA) is 48.1 Å². The van der Waals surface area contributed by atoms with Crippen LogP contribution in [0.4, 0.5) is 0 Å². The van der Waals surface area contributed by atoms with E-state index in [1.54, 1.807) is 0 Å². The predicted molar refractivity (Wildman–Crippen MR) is 68.1 cm³/mol. The summed E-state index contributed by atoms with van der Waals surface area (Å²) >= 11 is 0. The van der Waals surface area contributed by atoms with Crippen LogP contribution in [0.25, 0.3) is 10.9 Å². The molecule has 2 N–H and O–H groups in total. The molecule has 2 aromatic rings. The highest BCUT2D eigenvalue weighted by molar-refractivity contribution is 5.84. The van der Waals surface area contributed by atoms with E-state index in [4.69, 9.17) is 10.5 Å². The summed E-state index contributed by atoms with van der Waals surface area (Å²) in [7, 11) is 0. The maximum absolute atomic E-state index is 6.04. The number of fused-ring (bicyclic) bond motifs is 1. The number of para-hydroxylation sites is 1. The van der Waals surface area contributed by atoms with E-state index < -0.39 is 0 Å². The van der Waals surface area contributed by atoms with Gasteiger partial charge in [0.15, 0.2) is 0 Å². The van der Waals surface area contributed by atoms with E-state index in [0.717, 1.165) is 35.2 Å². The summed E-state index contributed by atoms with van der Waals surface area (Å²) in [6.07, 6.45) is 2.09. The summed E-state index contributed by atoms with van der Waals surface area (Å²) in [6, 6.07) is 10.1. The molecule has 3 heteroatoms. The van der Waals surface area contributed by atoms with E-state index in [1.807, 2.05) is 25.1 Å². The molecular formula is C14H16N2O. The highest BCUT2D eigenvalue weighted by Crippen LogP contribution is 2.40. The zero-order valence-corrected chi connectivity index (χ0v) is 9.94. The maximum atomic E-state index is 6.04. The van der Waals surface area contributed by atoms with Crippen LogP contribution in [-0.2, 0) is 0 Å². The second-order valence-corrected chi connectivity index (χ2v) is 4.77. The van der Waals surface area contributed by atoms with Crippen molar-refractivity contribution in [3.05, 3.63) is 36.0 Å². The van der Waals surface area contributed by atoms with Crippen molar-refractivity contribution in [2.45, 2.75) is 25.4 Å². The Morgan fingerprint density at radius 2 is 2.12 bits per heavy atom. The van der Waals surface area contributed by atoms with Gasteiger partial charge in [-0.3, -0.25) is 0 Å². The Morgan fingerprint density at radius 3 is 2.82 bits per heavy atom. The minimum absolute atomic E-state index is 0.125. The molecule has 3 nitrogen and oxygen atoms in total. The number of nitrogens with zero attached hydrogens (tertiary/aromatic N) is 1. The molecule has 88 valence electrons. The second kappa shape index (κ2) is 3.70. The van der Waals surface area contributed by atoms with Crippen molar-refractivity contribution in [1.82, 2.24) is 4.98 Å². The average Bonchev–Trinajstić information content (AvgIpc) is 3.11. The predicted octanol–water partition coefficient (Wildman–Crippen LogP) is 2.41. The van der Waals surface area contributed by atoms with Crippen LogP contribution in [0.2, 0.25) is 0 Å². The first-order chi connectivity index (χ1) is 8.22. The van der Waals surface area contributed by atoms with Crippen LogP contribution < -0.4 is 10.5 Å². The minimum Gasteiger partial charge on any atom is -0.484 e. The lowest BCUT2D eigenvalue weighted by Gasteiger charge is -2.17. The molecular weight excluding hydrogens is 212 g/mol. The van der Waals surface area contributed by atoms with Gasteiger partial charge in [0.2, 0.25) is 0 Å². The van der Waals surface area contributed by atoms with Gasteiger partial charge >= 0.3 is 0 Å². The molecule has 0 aliphatic heterocycles. The van der Waals surface area contributed by atoms with Gasteiger partial charge in [0.25, 0.3) is 0 Å². The number of aryl methyl sites for hydroxylation is 1. The third kappa shape index (κ3) is 1.87. The molecule has 0 unspecified atom stereocenters. The highest BCUT2D eigenvalue weighted by Gasteiger charge is 2.44. The molecule has 0 amide bonds. The van der Waals surface area contributed by atoms with Crippen LogP contribution in [0.1, 0.15) is 18.5 Å². The zero-order valence-electron chi connectivity index (χ0n) is 9.94. The fourth-order valence-corrected chi connectivity index (χ4v) is 2.02. The third-order valence-electron chi connectivity index (χ3n) is 3.33. The van der Waals surface area contributed by atoms with E-state index in [9.17, 15) is 0 Å². The molecule has 3 rings (SSSR count). The molecule has 1 aromatic carbocycles. The van der Waals surface area contributed by atoms with Crippen molar-refractivity contribution in [1.29, 1.82) is 0 Å². The Bertz CT molecular complexity index is 561. The number of benzene rings is 1. The van der Waals surface area contributed by atoms with Gasteiger partial charge in [-0.15, -0.1) is 0 Å². The van der Waals surface area contributed by atoms with Gasteiger partial charge in [0.1, 0.15) is 16.9 Å². The van der Waals surface area contributed by atoms with Gasteiger partial charge in [0.05, 0.1) is 0 Å². The van der Waals surface area contributed by atoms with Crippen molar-refractivity contribution >= 4 is 10.9 Å². The molecule has 0 atom stereocenters. The minimum atomic E-state index is -0.125. The fourth-order valence-electron chi connectivity index (χ4n) is 2.02. The number of nitrogens with two attached hydrogens (primary N) is 1. The number of ether oxygens (including phenoxy) is 1. The normalized spacial score (nSPS) is 17.1. The van der Waals surface area contributed by atoms with Crippen molar-refractivity contribution in [2.75, 3.05) is 6.54 Å². The van der Waals surface area contributed by atoms with Crippen LogP contribution in [0, 0.1) is 6.92 Å². The first-order valence-corrected chi connectivity index (χ1v) is 5.98. The number of pyridine rings is 1. The van der Waals surface area contributed by atoms with E-state index >= 15 is 0 Å². The van der Waals surface area contributed by atoms with E-state index in [1.165, 1.54) is 0 Å². The van der Waals surface area contributed by atoms with Crippen molar-refractivity contribution < 1.29 is 4.74 Å². The van der Waals surface area contributed by atoms with Crippen LogP contribution in [-0.4, -0.2) is 17.1 Å². The summed E-state index contributed by atoms with van der Waals surface area (Å²) in [5.41, 5.74) is 7.56. The van der Waals surface area contributed by atoms with Gasteiger partial charge in [0, 0.05) is 17.6 Å². The van der Waals surface area contributed by atoms with Crippen molar-refractivity contribution in [3.63, 3.8) is 0 Å². The molecule has 1 heterocycles. The Labute approximate surface area is 101 Å². The maximum Gasteiger partial charge on any atom is 0.146 e. The smallest absolute Gasteiger partial charge is 0.146 e. The van der Waals surface area contributed by atoms with Crippen LogP contribution >= 0.6 is 0 Å². The monoisotopic (exact) mass is 228 g/mol. The summed E-state index contributed by atoms with van der Waals surface area (Å²) in [5, 5.41) is 1.11. The van der Waals surface area contributed by atoms with Gasteiger partial charge in [-0.1, -0.05) is 18.2 Å². The van der Waals surface area contributed by atoms with Crippen molar-refractivity contribution in [2.24, 2.45) is 5.73 Å². The molecule has 1 aromatic heterocycles. The van der Waals surface area contributed by atoms with E-state index in [-0.39, 0.29) is 5.60 Å². The lowest BCUT2D eigenvalue weighted by Crippen LogP contribution is -2.28. The van der Waals surface area contributed by atoms with Crippen LogP contribution in [0.15, 0.2) is 30.3 Å². The lowest BCUT2D eigenvalue weighted by atomic mass is 10.2. The zero-order chi connectivity index (χ0) is 11.9. The van der Waals surface area contributed by atoms with Gasteiger partial charge in [-0.05, 0) is 31.9 Å². The summed E-state index contributed by atoms with van der Waals surface area (Å²) in [5.74, 6) is 0.856. The Hall–Kier alpha value is -1.61. The van der Waals surface area contributed by atoms with Gasteiger partial charge < -0.3 is 10.5 Å². The largest absolute Gasteiger partial charge is 0.484 e. The molecule has 1 aliphatic carbocycles. The molecule has 0 spiro atoms. The van der Waals surface area contributed by atoms with Crippen molar-refractivity contribution in [3.8, 4) is 5.75 Å². The number of hydrogen-bond donors (Lipinski definition) is 1. The summed E-state index contributed by atoms with van der Waals surface area (Å²) < 4.78 is 6.04. The van der Waals surface area contributed by atoms with Gasteiger partial charge in [-0.25, -0.2) is 4.98 Å². The fraction of sp³-hybridized carbons (Fsp3) is 0.357. The molecule has 17 heavy (non-hydrogen) atoms. The van der Waals surface area contributed by atoms with E-state index in [2.05, 4.69) is 17.1 Å². The molecule has 1 saturated carbocycles. The SMILES string of the molecule is Cc1ccc2cccc(OC3(CN)CC3)c2n1. The molecule has 1 aliphatic rings.